The lowest BCUT2D eigenvalue weighted by atomic mass is 10.1. The van der Waals surface area contributed by atoms with Crippen molar-refractivity contribution >= 4 is 18.2 Å². The number of esters is 1. The van der Waals surface area contributed by atoms with Gasteiger partial charge in [0.2, 0.25) is 0 Å². The minimum Gasteiger partial charge on any atom is -0.458 e. The molecule has 3 rings (SSSR count). The Morgan fingerprint density at radius 3 is 1.88 bits per heavy atom. The zero-order valence-electron chi connectivity index (χ0n) is 19.2. The van der Waals surface area contributed by atoms with Crippen LogP contribution in [-0.4, -0.2) is 46.4 Å². The first-order chi connectivity index (χ1) is 15.7. The largest absolute Gasteiger partial charge is 0.458 e. The number of carbonyl (C=O) groups is 3. The molecule has 8 nitrogen and oxygen atoms in total. The Balaban J connectivity index is 1.76. The van der Waals surface area contributed by atoms with Crippen molar-refractivity contribution in [3.05, 3.63) is 71.8 Å². The van der Waals surface area contributed by atoms with Crippen LogP contribution in [0.3, 0.4) is 0 Å². The summed E-state index contributed by atoms with van der Waals surface area (Å²) in [5, 5.41) is 2.17. The molecule has 0 aliphatic carbocycles. The second-order valence-electron chi connectivity index (χ2n) is 8.74. The molecule has 1 aliphatic rings. The Morgan fingerprint density at radius 2 is 1.36 bits per heavy atom. The van der Waals surface area contributed by atoms with Gasteiger partial charge >= 0.3 is 18.2 Å². The van der Waals surface area contributed by atoms with E-state index in [4.69, 9.17) is 14.2 Å². The summed E-state index contributed by atoms with van der Waals surface area (Å²) in [5.41, 5.74) is 0.854. The fourth-order valence-corrected chi connectivity index (χ4v) is 3.40. The quantitative estimate of drug-likeness (QED) is 0.482. The zero-order valence-corrected chi connectivity index (χ0v) is 19.2. The number of benzene rings is 2. The fraction of sp³-hybridized carbons (Fsp3) is 0.400. The van der Waals surface area contributed by atoms with Gasteiger partial charge in [0.15, 0.2) is 6.04 Å². The van der Waals surface area contributed by atoms with Crippen molar-refractivity contribution < 1.29 is 28.6 Å². The third-order valence-corrected chi connectivity index (χ3v) is 4.89. The van der Waals surface area contributed by atoms with E-state index in [0.717, 1.165) is 21.1 Å². The second kappa shape index (κ2) is 10.8. The molecule has 0 spiro atoms. The van der Waals surface area contributed by atoms with Crippen LogP contribution in [0.1, 0.15) is 44.7 Å². The number of hydrogen-bond donors (Lipinski definition) is 0. The molecule has 0 bridgehead atoms. The van der Waals surface area contributed by atoms with E-state index in [9.17, 15) is 14.4 Å². The third-order valence-electron chi connectivity index (χ3n) is 4.89. The van der Waals surface area contributed by atoms with E-state index in [1.54, 1.807) is 20.8 Å². The van der Waals surface area contributed by atoms with Gasteiger partial charge in [-0.1, -0.05) is 60.7 Å². The third kappa shape index (κ3) is 6.97. The summed E-state index contributed by atoms with van der Waals surface area (Å²) in [5.74, 6) is -0.597. The Labute approximate surface area is 194 Å². The van der Waals surface area contributed by atoms with Gasteiger partial charge in [-0.3, -0.25) is 0 Å². The molecule has 2 aromatic carbocycles. The molecule has 176 valence electrons. The lowest BCUT2D eigenvalue weighted by Gasteiger charge is -2.41. The topological polar surface area (TPSA) is 85.4 Å². The van der Waals surface area contributed by atoms with E-state index >= 15 is 0 Å². The van der Waals surface area contributed by atoms with Crippen LogP contribution in [0, 0.1) is 0 Å². The predicted octanol–water partition coefficient (Wildman–Crippen LogP) is 4.68. The summed E-state index contributed by atoms with van der Waals surface area (Å²) in [6, 6.07) is 17.4. The fourth-order valence-electron chi connectivity index (χ4n) is 3.40. The van der Waals surface area contributed by atoms with Gasteiger partial charge in [-0.25, -0.2) is 19.4 Å². The van der Waals surface area contributed by atoms with Crippen LogP contribution in [0.4, 0.5) is 9.59 Å². The first-order valence-electron chi connectivity index (χ1n) is 11.0. The molecule has 1 fully saturated rings. The maximum atomic E-state index is 13.1. The van der Waals surface area contributed by atoms with Crippen LogP contribution in [0.2, 0.25) is 0 Å². The molecule has 1 heterocycles. The maximum absolute atomic E-state index is 13.1. The Kier molecular flexibility index (Phi) is 7.92. The summed E-state index contributed by atoms with van der Waals surface area (Å²) in [4.78, 5) is 38.9. The van der Waals surface area contributed by atoms with E-state index in [-0.39, 0.29) is 19.8 Å². The van der Waals surface area contributed by atoms with Crippen molar-refractivity contribution in [3.63, 3.8) is 0 Å². The Hall–Kier alpha value is -3.55. The summed E-state index contributed by atoms with van der Waals surface area (Å²) in [6.45, 7) is 5.50. The molecule has 0 radical (unpaired) electrons. The average molecular weight is 455 g/mol. The molecular weight excluding hydrogens is 424 g/mol. The Bertz CT molecular complexity index is 942. The van der Waals surface area contributed by atoms with Crippen molar-refractivity contribution in [2.45, 2.75) is 58.5 Å². The predicted molar refractivity (Wildman–Crippen MR) is 121 cm³/mol. The lowest BCUT2D eigenvalue weighted by molar-refractivity contribution is -0.170. The number of amides is 2. The summed E-state index contributed by atoms with van der Waals surface area (Å²) in [6.07, 6.45) is -0.695. The first kappa shape index (κ1) is 24.1. The number of hydrazine groups is 1. The highest BCUT2D eigenvalue weighted by Crippen LogP contribution is 2.24. The van der Waals surface area contributed by atoms with Crippen LogP contribution in [0.5, 0.6) is 0 Å². The molecule has 0 saturated carbocycles. The summed E-state index contributed by atoms with van der Waals surface area (Å²) in [7, 11) is 0. The van der Waals surface area contributed by atoms with Gasteiger partial charge in [-0.15, -0.1) is 0 Å². The van der Waals surface area contributed by atoms with Crippen molar-refractivity contribution in [1.82, 2.24) is 10.0 Å². The van der Waals surface area contributed by atoms with E-state index in [1.165, 1.54) is 0 Å². The molecule has 1 unspecified atom stereocenters. The van der Waals surface area contributed by atoms with Crippen molar-refractivity contribution in [2.75, 3.05) is 6.54 Å². The molecule has 1 atom stereocenters. The number of hydrogen-bond acceptors (Lipinski definition) is 6. The van der Waals surface area contributed by atoms with Crippen LogP contribution >= 0.6 is 0 Å². The van der Waals surface area contributed by atoms with Gasteiger partial charge in [0.05, 0.1) is 0 Å². The van der Waals surface area contributed by atoms with Crippen molar-refractivity contribution in [2.24, 2.45) is 0 Å². The number of rotatable bonds is 5. The van der Waals surface area contributed by atoms with Crippen molar-refractivity contribution in [1.29, 1.82) is 0 Å². The lowest BCUT2D eigenvalue weighted by Crippen LogP contribution is -2.61. The maximum Gasteiger partial charge on any atom is 0.430 e. The van der Waals surface area contributed by atoms with E-state index in [0.29, 0.717) is 12.8 Å². The number of ether oxygens (including phenoxy) is 3. The normalized spacial score (nSPS) is 16.2. The smallest absolute Gasteiger partial charge is 0.430 e. The van der Waals surface area contributed by atoms with Gasteiger partial charge in [0.1, 0.15) is 18.8 Å². The molecule has 2 amide bonds. The number of nitrogens with zero attached hydrogens (tertiary/aromatic N) is 2. The second-order valence-corrected chi connectivity index (χ2v) is 8.74. The molecule has 8 heteroatoms. The van der Waals surface area contributed by atoms with Gasteiger partial charge < -0.3 is 14.2 Å². The molecule has 0 N–H and O–H groups in total. The first-order valence-corrected chi connectivity index (χ1v) is 11.0. The molecule has 0 aromatic heterocycles. The molecular formula is C25H30N2O6. The highest BCUT2D eigenvalue weighted by Gasteiger charge is 2.43. The zero-order chi connectivity index (χ0) is 23.8. The monoisotopic (exact) mass is 454 g/mol. The highest BCUT2D eigenvalue weighted by atomic mass is 16.6. The minimum absolute atomic E-state index is 0.00408. The van der Waals surface area contributed by atoms with Crippen LogP contribution in [0.25, 0.3) is 0 Å². The SMILES string of the molecule is CC(C)(C)OC(=O)C1CCCN(C(=O)OCc2ccccc2)N1C(=O)OCc1ccccc1. The van der Waals surface area contributed by atoms with E-state index in [1.807, 2.05) is 60.7 Å². The standard InChI is InChI=1S/C25H30N2O6/c1-25(2,3)33-22(28)21-15-10-16-26(23(29)31-17-19-11-6-4-7-12-19)27(21)24(30)32-18-20-13-8-5-9-14-20/h4-9,11-14,21H,10,15-18H2,1-3H3. The van der Waals surface area contributed by atoms with Crippen LogP contribution in [0.15, 0.2) is 60.7 Å². The molecule has 33 heavy (non-hydrogen) atoms. The highest BCUT2D eigenvalue weighted by molar-refractivity contribution is 5.83. The summed E-state index contributed by atoms with van der Waals surface area (Å²) < 4.78 is 16.4. The van der Waals surface area contributed by atoms with Gasteiger partial charge in [-0.2, -0.15) is 5.01 Å². The average Bonchev–Trinajstić information content (AvgIpc) is 2.80. The van der Waals surface area contributed by atoms with Gasteiger partial charge in [0.25, 0.3) is 0 Å². The van der Waals surface area contributed by atoms with Gasteiger partial charge in [0, 0.05) is 6.54 Å². The minimum atomic E-state index is -0.995. The van der Waals surface area contributed by atoms with E-state index < -0.39 is 29.8 Å². The molecule has 1 aliphatic heterocycles. The number of carbonyl (C=O) groups excluding carboxylic acids is 3. The van der Waals surface area contributed by atoms with Crippen LogP contribution < -0.4 is 0 Å². The molecule has 1 saturated heterocycles. The van der Waals surface area contributed by atoms with E-state index in [2.05, 4.69) is 0 Å². The Morgan fingerprint density at radius 1 is 0.848 bits per heavy atom. The van der Waals surface area contributed by atoms with Crippen LogP contribution in [-0.2, 0) is 32.2 Å². The molecule has 2 aromatic rings. The van der Waals surface area contributed by atoms with Gasteiger partial charge in [-0.05, 0) is 44.7 Å². The van der Waals surface area contributed by atoms with Crippen molar-refractivity contribution in [3.8, 4) is 0 Å². The summed E-state index contributed by atoms with van der Waals surface area (Å²) >= 11 is 0.